The van der Waals surface area contributed by atoms with E-state index >= 15 is 0 Å². The largest absolute Gasteiger partial charge is 0.376 e. The van der Waals surface area contributed by atoms with Crippen LogP contribution in [0.25, 0.3) is 0 Å². The van der Waals surface area contributed by atoms with Gasteiger partial charge in [0.2, 0.25) is 5.91 Å². The van der Waals surface area contributed by atoms with Crippen molar-refractivity contribution in [2.24, 2.45) is 0 Å². The zero-order valence-corrected chi connectivity index (χ0v) is 10.7. The summed E-state index contributed by atoms with van der Waals surface area (Å²) < 4.78 is 0. The summed E-state index contributed by atoms with van der Waals surface area (Å²) in [4.78, 5) is 21.6. The third-order valence-electron chi connectivity index (χ3n) is 2.32. The average molecular weight is 251 g/mol. The van der Waals surface area contributed by atoms with Crippen LogP contribution in [-0.4, -0.2) is 23.4 Å². The van der Waals surface area contributed by atoms with E-state index in [1.54, 1.807) is 6.07 Å². The van der Waals surface area contributed by atoms with Crippen molar-refractivity contribution in [1.29, 1.82) is 0 Å². The van der Waals surface area contributed by atoms with Crippen LogP contribution in [0.2, 0.25) is 0 Å². The number of benzene rings is 1. The van der Waals surface area contributed by atoms with Crippen LogP contribution in [-0.2, 0) is 4.79 Å². The van der Waals surface area contributed by atoms with Crippen LogP contribution < -0.4 is 10.6 Å². The summed E-state index contributed by atoms with van der Waals surface area (Å²) in [5.41, 5.74) is 1.47. The minimum atomic E-state index is -0.460. The van der Waals surface area contributed by atoms with E-state index in [2.05, 4.69) is 10.6 Å². The van der Waals surface area contributed by atoms with Gasteiger partial charge in [0.25, 0.3) is 5.69 Å². The topological polar surface area (TPSA) is 84.3 Å². The van der Waals surface area contributed by atoms with E-state index in [1.165, 1.54) is 12.1 Å². The molecule has 0 fully saturated rings. The number of non-ortho nitro benzene ring substituents is 1. The summed E-state index contributed by atoms with van der Waals surface area (Å²) in [6.07, 6.45) is 0. The predicted molar refractivity (Wildman–Crippen MR) is 69.6 cm³/mol. The number of nitro benzene ring substituents is 1. The van der Waals surface area contributed by atoms with Gasteiger partial charge in [-0.2, -0.15) is 0 Å². The molecule has 0 aliphatic carbocycles. The van der Waals surface area contributed by atoms with E-state index in [-0.39, 0.29) is 24.2 Å². The molecule has 0 aromatic heterocycles. The lowest BCUT2D eigenvalue weighted by Gasteiger charge is -2.11. The molecule has 6 heteroatoms. The third-order valence-corrected chi connectivity index (χ3v) is 2.32. The van der Waals surface area contributed by atoms with Crippen molar-refractivity contribution in [3.63, 3.8) is 0 Å². The van der Waals surface area contributed by atoms with Gasteiger partial charge in [-0.15, -0.1) is 0 Å². The maximum atomic E-state index is 11.4. The second kappa shape index (κ2) is 6.00. The van der Waals surface area contributed by atoms with Gasteiger partial charge in [0.15, 0.2) is 0 Å². The molecule has 98 valence electrons. The molecular formula is C12H17N3O3. The van der Waals surface area contributed by atoms with Gasteiger partial charge in [-0.25, -0.2) is 0 Å². The normalized spacial score (nSPS) is 10.2. The van der Waals surface area contributed by atoms with Crippen molar-refractivity contribution in [3.8, 4) is 0 Å². The van der Waals surface area contributed by atoms with Gasteiger partial charge in [-0.3, -0.25) is 14.9 Å². The Hall–Kier alpha value is -2.11. The predicted octanol–water partition coefficient (Wildman–Crippen LogP) is 1.84. The first-order valence-electron chi connectivity index (χ1n) is 5.68. The average Bonchev–Trinajstić information content (AvgIpc) is 2.26. The zero-order chi connectivity index (χ0) is 13.7. The Morgan fingerprint density at radius 3 is 2.67 bits per heavy atom. The van der Waals surface area contributed by atoms with Crippen LogP contribution in [0, 0.1) is 17.0 Å². The van der Waals surface area contributed by atoms with Crippen molar-refractivity contribution in [2.75, 3.05) is 11.9 Å². The summed E-state index contributed by atoms with van der Waals surface area (Å²) in [6, 6.07) is 4.60. The van der Waals surface area contributed by atoms with Crippen LogP contribution in [0.5, 0.6) is 0 Å². The van der Waals surface area contributed by atoms with Crippen LogP contribution in [0.15, 0.2) is 18.2 Å². The van der Waals surface area contributed by atoms with Gasteiger partial charge in [0.05, 0.1) is 11.5 Å². The molecule has 0 bridgehead atoms. The molecule has 0 heterocycles. The van der Waals surface area contributed by atoms with E-state index < -0.39 is 4.92 Å². The number of carbonyl (C=O) groups excluding carboxylic acids is 1. The molecule has 18 heavy (non-hydrogen) atoms. The van der Waals surface area contributed by atoms with E-state index in [4.69, 9.17) is 0 Å². The lowest BCUT2D eigenvalue weighted by molar-refractivity contribution is -0.384. The van der Waals surface area contributed by atoms with Crippen LogP contribution in [0.1, 0.15) is 19.4 Å². The molecular weight excluding hydrogens is 234 g/mol. The molecule has 0 saturated carbocycles. The van der Waals surface area contributed by atoms with E-state index in [1.807, 2.05) is 20.8 Å². The van der Waals surface area contributed by atoms with Crippen LogP contribution in [0.4, 0.5) is 11.4 Å². The molecule has 0 radical (unpaired) electrons. The van der Waals surface area contributed by atoms with Gasteiger partial charge in [-0.1, -0.05) is 6.07 Å². The van der Waals surface area contributed by atoms with Gasteiger partial charge in [-0.05, 0) is 26.3 Å². The molecule has 1 amide bonds. The summed E-state index contributed by atoms with van der Waals surface area (Å²) in [7, 11) is 0. The lowest BCUT2D eigenvalue weighted by Crippen LogP contribution is -2.34. The van der Waals surface area contributed by atoms with Gasteiger partial charge in [0, 0.05) is 23.9 Å². The summed E-state index contributed by atoms with van der Waals surface area (Å²) >= 11 is 0. The first kappa shape index (κ1) is 14.0. The van der Waals surface area contributed by atoms with Gasteiger partial charge < -0.3 is 10.6 Å². The number of carbonyl (C=O) groups is 1. The van der Waals surface area contributed by atoms with Crippen LogP contribution in [0.3, 0.4) is 0 Å². The Labute approximate surface area is 106 Å². The minimum absolute atomic E-state index is 0.00682. The van der Waals surface area contributed by atoms with Crippen LogP contribution >= 0.6 is 0 Å². The fourth-order valence-electron chi connectivity index (χ4n) is 1.46. The Morgan fingerprint density at radius 1 is 1.44 bits per heavy atom. The SMILES string of the molecule is Cc1ccc([N+](=O)[O-])cc1NCC(=O)NC(C)C. The highest BCUT2D eigenvalue weighted by molar-refractivity contribution is 5.81. The number of anilines is 1. The molecule has 1 aromatic carbocycles. The number of aryl methyl sites for hydroxylation is 1. The van der Waals surface area contributed by atoms with E-state index in [0.717, 1.165) is 5.56 Å². The smallest absolute Gasteiger partial charge is 0.271 e. The molecule has 1 aromatic rings. The highest BCUT2D eigenvalue weighted by Gasteiger charge is 2.09. The van der Waals surface area contributed by atoms with E-state index in [0.29, 0.717) is 5.69 Å². The second-order valence-corrected chi connectivity index (χ2v) is 4.33. The number of hydrogen-bond acceptors (Lipinski definition) is 4. The monoisotopic (exact) mass is 251 g/mol. The summed E-state index contributed by atoms with van der Waals surface area (Å²) in [6.45, 7) is 5.67. The quantitative estimate of drug-likeness (QED) is 0.617. The van der Waals surface area contributed by atoms with Crippen molar-refractivity contribution in [2.45, 2.75) is 26.8 Å². The van der Waals surface area contributed by atoms with Crippen molar-refractivity contribution >= 4 is 17.3 Å². The Bertz CT molecular complexity index is 458. The molecule has 0 aliphatic rings. The number of nitro groups is 1. The zero-order valence-electron chi connectivity index (χ0n) is 10.7. The molecule has 0 spiro atoms. The first-order valence-corrected chi connectivity index (χ1v) is 5.68. The van der Waals surface area contributed by atoms with Gasteiger partial charge in [0.1, 0.15) is 0 Å². The van der Waals surface area contributed by atoms with Crippen molar-refractivity contribution < 1.29 is 9.72 Å². The number of hydrogen-bond donors (Lipinski definition) is 2. The Morgan fingerprint density at radius 2 is 2.11 bits per heavy atom. The number of nitrogens with zero attached hydrogens (tertiary/aromatic N) is 1. The highest BCUT2D eigenvalue weighted by Crippen LogP contribution is 2.21. The number of amides is 1. The Balaban J connectivity index is 2.69. The fraction of sp³-hybridized carbons (Fsp3) is 0.417. The molecule has 1 rings (SSSR count). The van der Waals surface area contributed by atoms with E-state index in [9.17, 15) is 14.9 Å². The maximum absolute atomic E-state index is 11.4. The second-order valence-electron chi connectivity index (χ2n) is 4.33. The van der Waals surface area contributed by atoms with Gasteiger partial charge >= 0.3 is 0 Å². The maximum Gasteiger partial charge on any atom is 0.271 e. The minimum Gasteiger partial charge on any atom is -0.376 e. The van der Waals surface area contributed by atoms with Crippen molar-refractivity contribution in [3.05, 3.63) is 33.9 Å². The molecule has 6 nitrogen and oxygen atoms in total. The number of rotatable bonds is 5. The highest BCUT2D eigenvalue weighted by atomic mass is 16.6. The molecule has 0 saturated heterocycles. The first-order chi connectivity index (χ1) is 8.40. The molecule has 0 atom stereocenters. The third kappa shape index (κ3) is 4.04. The summed E-state index contributed by atoms with van der Waals surface area (Å²) in [5, 5.41) is 16.3. The lowest BCUT2D eigenvalue weighted by atomic mass is 10.2. The molecule has 0 aliphatic heterocycles. The number of nitrogens with one attached hydrogen (secondary N) is 2. The standard InChI is InChI=1S/C12H17N3O3/c1-8(2)14-12(16)7-13-11-6-10(15(17)18)5-4-9(11)3/h4-6,8,13H,7H2,1-3H3,(H,14,16). The molecule has 2 N–H and O–H groups in total. The molecule has 0 unspecified atom stereocenters. The Kier molecular flexibility index (Phi) is 4.65. The fourth-order valence-corrected chi connectivity index (χ4v) is 1.46. The van der Waals surface area contributed by atoms with Crippen molar-refractivity contribution in [1.82, 2.24) is 5.32 Å². The summed E-state index contributed by atoms with van der Waals surface area (Å²) in [5.74, 6) is -0.143.